The van der Waals surface area contributed by atoms with Crippen LogP contribution in [-0.4, -0.2) is 11.0 Å². The number of aliphatic hydroxyl groups is 1. The Kier molecular flexibility index (Phi) is 5.45. The molecule has 0 radical (unpaired) electrons. The van der Waals surface area contributed by atoms with Crippen LogP contribution in [0.1, 0.15) is 25.5 Å². The first-order valence-electron chi connectivity index (χ1n) is 6.48. The van der Waals surface area contributed by atoms with Gasteiger partial charge in [-0.15, -0.1) is 0 Å². The molecule has 1 atom stereocenters. The molecule has 0 fully saturated rings. The third-order valence-corrected chi connectivity index (χ3v) is 4.52. The number of amides is 1. The van der Waals surface area contributed by atoms with E-state index in [1.54, 1.807) is 18.7 Å². The molecule has 21 heavy (non-hydrogen) atoms. The van der Waals surface area contributed by atoms with Crippen molar-refractivity contribution in [2.75, 3.05) is 5.32 Å². The highest BCUT2D eigenvalue weighted by Gasteiger charge is 2.07. The van der Waals surface area contributed by atoms with Crippen molar-refractivity contribution in [2.45, 2.75) is 29.7 Å². The van der Waals surface area contributed by atoms with Gasteiger partial charge < -0.3 is 10.4 Å². The zero-order valence-electron chi connectivity index (χ0n) is 11.8. The summed E-state index contributed by atoms with van der Waals surface area (Å²) in [6, 6.07) is 13.6. The largest absolute Gasteiger partial charge is 0.389 e. The molecule has 0 saturated heterocycles. The lowest BCUT2D eigenvalue weighted by Crippen LogP contribution is -2.05. The van der Waals surface area contributed by atoms with Crippen LogP contribution in [-0.2, 0) is 4.79 Å². The van der Waals surface area contributed by atoms with Crippen LogP contribution in [0.4, 0.5) is 5.69 Å². The molecule has 3 nitrogen and oxygen atoms in total. The summed E-state index contributed by atoms with van der Waals surface area (Å²) in [5.74, 6) is -0.0759. The Hall–Kier alpha value is -1.30. The summed E-state index contributed by atoms with van der Waals surface area (Å²) in [5.41, 5.74) is 1.66. The molecule has 0 aliphatic rings. The minimum absolute atomic E-state index is 0.0759. The fraction of sp³-hybridized carbons (Fsp3) is 0.188. The van der Waals surface area contributed by atoms with Gasteiger partial charge in [0.15, 0.2) is 0 Å². The van der Waals surface area contributed by atoms with Crippen LogP contribution in [0.25, 0.3) is 0 Å². The van der Waals surface area contributed by atoms with Crippen molar-refractivity contribution in [1.82, 2.24) is 0 Å². The second-order valence-electron chi connectivity index (χ2n) is 4.67. The lowest BCUT2D eigenvalue weighted by Gasteiger charge is -2.10. The van der Waals surface area contributed by atoms with Crippen molar-refractivity contribution in [3.63, 3.8) is 0 Å². The smallest absolute Gasteiger partial charge is 0.221 e. The van der Waals surface area contributed by atoms with Crippen molar-refractivity contribution in [3.8, 4) is 0 Å². The quantitative estimate of drug-likeness (QED) is 0.831. The van der Waals surface area contributed by atoms with Crippen molar-refractivity contribution in [2.24, 2.45) is 0 Å². The molecular formula is C16H16BrNO2S. The predicted octanol–water partition coefficient (Wildman–Crippen LogP) is 4.61. The van der Waals surface area contributed by atoms with Gasteiger partial charge in [0.2, 0.25) is 5.91 Å². The molecule has 2 rings (SSSR count). The van der Waals surface area contributed by atoms with E-state index >= 15 is 0 Å². The topological polar surface area (TPSA) is 49.3 Å². The number of nitrogens with one attached hydrogen (secondary N) is 1. The van der Waals surface area contributed by atoms with Crippen molar-refractivity contribution in [3.05, 3.63) is 52.5 Å². The van der Waals surface area contributed by atoms with Crippen LogP contribution in [0.2, 0.25) is 0 Å². The highest BCUT2D eigenvalue weighted by atomic mass is 79.9. The van der Waals surface area contributed by atoms with Gasteiger partial charge >= 0.3 is 0 Å². The van der Waals surface area contributed by atoms with Crippen LogP contribution in [0.5, 0.6) is 0 Å². The van der Waals surface area contributed by atoms with Gasteiger partial charge in [0.05, 0.1) is 6.10 Å². The standard InChI is InChI=1S/C16H16BrNO2S/c1-10(19)15-8-7-14(9-16(15)17)21-13-5-3-12(4-6-13)18-11(2)20/h3-10,19H,1-2H3,(H,18,20)/t10-/m0/s1. The number of benzene rings is 2. The fourth-order valence-corrected chi connectivity index (χ4v) is 3.57. The first kappa shape index (κ1) is 16.1. The van der Waals surface area contributed by atoms with E-state index in [2.05, 4.69) is 21.2 Å². The second kappa shape index (κ2) is 7.11. The van der Waals surface area contributed by atoms with Crippen LogP contribution < -0.4 is 5.32 Å². The number of halogens is 1. The SMILES string of the molecule is CC(=O)Nc1ccc(Sc2ccc([C@H](C)O)c(Br)c2)cc1. The highest BCUT2D eigenvalue weighted by molar-refractivity contribution is 9.10. The number of hydrogen-bond donors (Lipinski definition) is 2. The summed E-state index contributed by atoms with van der Waals surface area (Å²) < 4.78 is 0.900. The molecular weight excluding hydrogens is 350 g/mol. The second-order valence-corrected chi connectivity index (χ2v) is 6.67. The molecule has 0 heterocycles. The summed E-state index contributed by atoms with van der Waals surface area (Å²) in [6.07, 6.45) is -0.490. The van der Waals surface area contributed by atoms with E-state index in [1.807, 2.05) is 42.5 Å². The summed E-state index contributed by atoms with van der Waals surface area (Å²) >= 11 is 5.10. The van der Waals surface area contributed by atoms with Crippen LogP contribution in [0.3, 0.4) is 0 Å². The minimum atomic E-state index is -0.490. The van der Waals surface area contributed by atoms with Crippen LogP contribution in [0.15, 0.2) is 56.7 Å². The van der Waals surface area contributed by atoms with E-state index in [0.717, 1.165) is 25.5 Å². The van der Waals surface area contributed by atoms with Gasteiger partial charge in [0, 0.05) is 26.9 Å². The summed E-state index contributed by atoms with van der Waals surface area (Å²) in [4.78, 5) is 13.1. The van der Waals surface area contributed by atoms with Gasteiger partial charge in [0.1, 0.15) is 0 Å². The van der Waals surface area contributed by atoms with Crippen molar-refractivity contribution in [1.29, 1.82) is 0 Å². The maximum Gasteiger partial charge on any atom is 0.221 e. The van der Waals surface area contributed by atoms with Crippen LogP contribution >= 0.6 is 27.7 Å². The molecule has 0 spiro atoms. The molecule has 0 aliphatic heterocycles. The van der Waals surface area contributed by atoms with Crippen molar-refractivity contribution >= 4 is 39.3 Å². The van der Waals surface area contributed by atoms with Gasteiger partial charge in [0.25, 0.3) is 0 Å². The first-order valence-corrected chi connectivity index (χ1v) is 8.09. The van der Waals surface area contributed by atoms with E-state index < -0.39 is 6.10 Å². The van der Waals surface area contributed by atoms with E-state index in [1.165, 1.54) is 6.92 Å². The Bertz CT molecular complexity index is 641. The average molecular weight is 366 g/mol. The molecule has 0 bridgehead atoms. The molecule has 2 aromatic carbocycles. The Labute approximate surface area is 136 Å². The van der Waals surface area contributed by atoms with Gasteiger partial charge in [-0.25, -0.2) is 0 Å². The molecule has 0 aromatic heterocycles. The summed E-state index contributed by atoms with van der Waals surface area (Å²) in [7, 11) is 0. The normalized spacial score (nSPS) is 12.0. The highest BCUT2D eigenvalue weighted by Crippen LogP contribution is 2.33. The zero-order valence-corrected chi connectivity index (χ0v) is 14.2. The molecule has 2 aromatic rings. The molecule has 0 unspecified atom stereocenters. The molecule has 5 heteroatoms. The predicted molar refractivity (Wildman–Crippen MR) is 89.6 cm³/mol. The Morgan fingerprint density at radius 2 is 1.81 bits per heavy atom. The number of aliphatic hydroxyl groups excluding tert-OH is 1. The number of anilines is 1. The monoisotopic (exact) mass is 365 g/mol. The number of carbonyl (C=O) groups is 1. The van der Waals surface area contributed by atoms with E-state index in [-0.39, 0.29) is 5.91 Å². The van der Waals surface area contributed by atoms with E-state index in [0.29, 0.717) is 0 Å². The zero-order chi connectivity index (χ0) is 15.4. The Morgan fingerprint density at radius 1 is 1.19 bits per heavy atom. The average Bonchev–Trinajstić information content (AvgIpc) is 2.40. The van der Waals surface area contributed by atoms with Gasteiger partial charge in [-0.05, 0) is 48.9 Å². The van der Waals surface area contributed by atoms with Crippen molar-refractivity contribution < 1.29 is 9.90 Å². The lowest BCUT2D eigenvalue weighted by atomic mass is 10.1. The third-order valence-electron chi connectivity index (χ3n) is 2.83. The maximum absolute atomic E-state index is 11.0. The molecule has 2 N–H and O–H groups in total. The molecule has 0 saturated carbocycles. The maximum atomic E-state index is 11.0. The number of carbonyl (C=O) groups excluding carboxylic acids is 1. The minimum Gasteiger partial charge on any atom is -0.389 e. The van der Waals surface area contributed by atoms with Gasteiger partial charge in [-0.1, -0.05) is 33.8 Å². The summed E-state index contributed by atoms with van der Waals surface area (Å²) in [5, 5.41) is 12.4. The lowest BCUT2D eigenvalue weighted by molar-refractivity contribution is -0.114. The molecule has 1 amide bonds. The van der Waals surface area contributed by atoms with E-state index in [4.69, 9.17) is 0 Å². The Morgan fingerprint density at radius 3 is 2.33 bits per heavy atom. The molecule has 110 valence electrons. The van der Waals surface area contributed by atoms with E-state index in [9.17, 15) is 9.90 Å². The van der Waals surface area contributed by atoms with Gasteiger partial charge in [-0.2, -0.15) is 0 Å². The number of hydrogen-bond acceptors (Lipinski definition) is 3. The van der Waals surface area contributed by atoms with Gasteiger partial charge in [-0.3, -0.25) is 4.79 Å². The summed E-state index contributed by atoms with van der Waals surface area (Å²) in [6.45, 7) is 3.23. The fourth-order valence-electron chi connectivity index (χ4n) is 1.86. The third kappa shape index (κ3) is 4.59. The first-order chi connectivity index (χ1) is 9.95. The Balaban J connectivity index is 2.11. The number of rotatable bonds is 4. The van der Waals surface area contributed by atoms with Crippen LogP contribution in [0, 0.1) is 0 Å². The molecule has 0 aliphatic carbocycles.